The minimum Gasteiger partial charge on any atom is -0.382 e. The third kappa shape index (κ3) is 3.54. The van der Waals surface area contributed by atoms with Crippen LogP contribution in [0.3, 0.4) is 0 Å². The molecular formula is C13H24N2O2. The van der Waals surface area contributed by atoms with Gasteiger partial charge in [-0.15, -0.1) is 0 Å². The number of piperazine rings is 1. The fourth-order valence-electron chi connectivity index (χ4n) is 2.21. The monoisotopic (exact) mass is 240 g/mol. The van der Waals surface area contributed by atoms with Gasteiger partial charge in [0.05, 0.1) is 12.6 Å². The van der Waals surface area contributed by atoms with Crippen molar-refractivity contribution < 1.29 is 9.53 Å². The lowest BCUT2D eigenvalue weighted by atomic mass is 10.0. The first-order valence-electron chi connectivity index (χ1n) is 6.07. The van der Waals surface area contributed by atoms with Gasteiger partial charge in [-0.25, -0.2) is 0 Å². The van der Waals surface area contributed by atoms with E-state index in [0.717, 1.165) is 19.6 Å². The zero-order valence-corrected chi connectivity index (χ0v) is 11.4. The zero-order chi connectivity index (χ0) is 13.1. The summed E-state index contributed by atoms with van der Waals surface area (Å²) in [6.07, 6.45) is 1.38. The van der Waals surface area contributed by atoms with E-state index in [-0.39, 0.29) is 17.5 Å². The molecule has 1 saturated heterocycles. The van der Waals surface area contributed by atoms with E-state index in [4.69, 9.17) is 4.74 Å². The van der Waals surface area contributed by atoms with Crippen molar-refractivity contribution in [3.8, 4) is 0 Å². The number of rotatable bonds is 3. The normalized spacial score (nSPS) is 22.6. The lowest BCUT2D eigenvalue weighted by Crippen LogP contribution is -2.60. The van der Waals surface area contributed by atoms with Crippen molar-refractivity contribution in [2.45, 2.75) is 32.4 Å². The van der Waals surface area contributed by atoms with Gasteiger partial charge in [0, 0.05) is 32.3 Å². The quantitative estimate of drug-likeness (QED) is 0.693. The van der Waals surface area contributed by atoms with E-state index in [1.165, 1.54) is 6.08 Å². The standard InChI is InChI=1S/C13H24N2O2/c1-6-12(16)15-8-7-14(13(2,3)4)9-11(15)10-17-5/h6,11H,1,7-10H2,2-5H3. The lowest BCUT2D eigenvalue weighted by Gasteiger charge is -2.46. The number of hydrogen-bond acceptors (Lipinski definition) is 3. The van der Waals surface area contributed by atoms with Gasteiger partial charge in [0.15, 0.2) is 0 Å². The third-order valence-electron chi connectivity index (χ3n) is 3.25. The van der Waals surface area contributed by atoms with Crippen LogP contribution in [0.5, 0.6) is 0 Å². The van der Waals surface area contributed by atoms with Crippen LogP contribution in [0.4, 0.5) is 0 Å². The van der Waals surface area contributed by atoms with Crippen molar-refractivity contribution in [2.24, 2.45) is 0 Å². The lowest BCUT2D eigenvalue weighted by molar-refractivity contribution is -0.133. The van der Waals surface area contributed by atoms with Gasteiger partial charge in [-0.05, 0) is 26.8 Å². The van der Waals surface area contributed by atoms with Crippen LogP contribution in [-0.4, -0.2) is 60.6 Å². The molecule has 1 heterocycles. The fraction of sp³-hybridized carbons (Fsp3) is 0.769. The Kier molecular flexibility index (Phi) is 4.71. The van der Waals surface area contributed by atoms with Gasteiger partial charge in [0.2, 0.25) is 5.91 Å². The minimum atomic E-state index is 0.000564. The van der Waals surface area contributed by atoms with E-state index >= 15 is 0 Å². The smallest absolute Gasteiger partial charge is 0.246 e. The molecule has 17 heavy (non-hydrogen) atoms. The van der Waals surface area contributed by atoms with Gasteiger partial charge < -0.3 is 9.64 Å². The molecule has 0 aliphatic carbocycles. The van der Waals surface area contributed by atoms with Crippen LogP contribution in [0.15, 0.2) is 12.7 Å². The maximum atomic E-state index is 11.7. The summed E-state index contributed by atoms with van der Waals surface area (Å²) in [5, 5.41) is 0. The first kappa shape index (κ1) is 14.2. The van der Waals surface area contributed by atoms with Crippen LogP contribution in [0.2, 0.25) is 0 Å². The van der Waals surface area contributed by atoms with Crippen molar-refractivity contribution in [3.63, 3.8) is 0 Å². The summed E-state index contributed by atoms with van der Waals surface area (Å²) in [5.41, 5.74) is 0.134. The Balaban J connectivity index is 2.73. The van der Waals surface area contributed by atoms with E-state index in [1.54, 1.807) is 7.11 Å². The largest absolute Gasteiger partial charge is 0.382 e. The van der Waals surface area contributed by atoms with Crippen molar-refractivity contribution in [1.82, 2.24) is 9.80 Å². The first-order valence-corrected chi connectivity index (χ1v) is 6.07. The molecule has 0 aromatic rings. The Bertz CT molecular complexity index is 284. The fourth-order valence-corrected chi connectivity index (χ4v) is 2.21. The summed E-state index contributed by atoms with van der Waals surface area (Å²) < 4.78 is 5.21. The molecule has 4 heteroatoms. The summed E-state index contributed by atoms with van der Waals surface area (Å²) in [6.45, 7) is 13.2. The van der Waals surface area contributed by atoms with Crippen LogP contribution in [0.25, 0.3) is 0 Å². The second-order valence-electron chi connectivity index (χ2n) is 5.46. The molecule has 0 aromatic heterocycles. The molecule has 1 aliphatic heterocycles. The predicted octanol–water partition coefficient (Wildman–Crippen LogP) is 1.13. The maximum absolute atomic E-state index is 11.7. The highest BCUT2D eigenvalue weighted by Crippen LogP contribution is 2.19. The molecule has 0 saturated carbocycles. The van der Waals surface area contributed by atoms with Crippen molar-refractivity contribution in [2.75, 3.05) is 33.4 Å². The Morgan fingerprint density at radius 3 is 2.59 bits per heavy atom. The molecule has 4 nitrogen and oxygen atoms in total. The Labute approximate surface area is 104 Å². The molecule has 0 radical (unpaired) electrons. The molecule has 1 unspecified atom stereocenters. The minimum absolute atomic E-state index is 0.000564. The van der Waals surface area contributed by atoms with E-state index < -0.39 is 0 Å². The summed E-state index contributed by atoms with van der Waals surface area (Å²) in [5.74, 6) is 0.000564. The molecule has 1 rings (SSSR count). The summed E-state index contributed by atoms with van der Waals surface area (Å²) in [4.78, 5) is 16.0. The van der Waals surface area contributed by atoms with Crippen LogP contribution in [0, 0.1) is 0 Å². The van der Waals surface area contributed by atoms with E-state index in [2.05, 4.69) is 32.3 Å². The van der Waals surface area contributed by atoms with Crippen LogP contribution >= 0.6 is 0 Å². The highest BCUT2D eigenvalue weighted by atomic mass is 16.5. The average molecular weight is 240 g/mol. The highest BCUT2D eigenvalue weighted by Gasteiger charge is 2.33. The van der Waals surface area contributed by atoms with E-state index in [9.17, 15) is 4.79 Å². The number of carbonyl (C=O) groups excluding carboxylic acids is 1. The molecule has 0 N–H and O–H groups in total. The number of nitrogens with zero attached hydrogens (tertiary/aromatic N) is 2. The molecule has 0 bridgehead atoms. The maximum Gasteiger partial charge on any atom is 0.246 e. The van der Waals surface area contributed by atoms with Gasteiger partial charge in [-0.3, -0.25) is 9.69 Å². The highest BCUT2D eigenvalue weighted by molar-refractivity contribution is 5.87. The third-order valence-corrected chi connectivity index (χ3v) is 3.25. The predicted molar refractivity (Wildman–Crippen MR) is 68.9 cm³/mol. The molecule has 0 aromatic carbocycles. The second kappa shape index (κ2) is 5.65. The first-order chi connectivity index (χ1) is 7.90. The van der Waals surface area contributed by atoms with Crippen LogP contribution < -0.4 is 0 Å². The van der Waals surface area contributed by atoms with E-state index in [0.29, 0.717) is 6.61 Å². The molecule has 1 atom stereocenters. The number of hydrogen-bond donors (Lipinski definition) is 0. The van der Waals surface area contributed by atoms with Crippen LogP contribution in [-0.2, 0) is 9.53 Å². The number of amides is 1. The number of carbonyl (C=O) groups is 1. The van der Waals surface area contributed by atoms with Crippen molar-refractivity contribution >= 4 is 5.91 Å². The molecule has 1 aliphatic rings. The summed E-state index contributed by atoms with van der Waals surface area (Å²) in [6, 6.07) is 0.124. The van der Waals surface area contributed by atoms with Crippen LogP contribution in [0.1, 0.15) is 20.8 Å². The summed E-state index contributed by atoms with van der Waals surface area (Å²) >= 11 is 0. The molecule has 1 fully saturated rings. The van der Waals surface area contributed by atoms with Gasteiger partial charge in [0.25, 0.3) is 0 Å². The zero-order valence-electron chi connectivity index (χ0n) is 11.4. The Morgan fingerprint density at radius 2 is 2.12 bits per heavy atom. The SMILES string of the molecule is C=CC(=O)N1CCN(C(C)(C)C)CC1COC. The Morgan fingerprint density at radius 1 is 1.47 bits per heavy atom. The van der Waals surface area contributed by atoms with Crippen molar-refractivity contribution in [3.05, 3.63) is 12.7 Å². The number of ether oxygens (including phenoxy) is 1. The molecular weight excluding hydrogens is 216 g/mol. The molecule has 98 valence electrons. The Hall–Kier alpha value is -0.870. The van der Waals surface area contributed by atoms with Gasteiger partial charge >= 0.3 is 0 Å². The molecule has 1 amide bonds. The second-order valence-corrected chi connectivity index (χ2v) is 5.46. The molecule has 0 spiro atoms. The van der Waals surface area contributed by atoms with Gasteiger partial charge in [-0.2, -0.15) is 0 Å². The summed E-state index contributed by atoms with van der Waals surface area (Å²) in [7, 11) is 1.67. The van der Waals surface area contributed by atoms with Gasteiger partial charge in [0.1, 0.15) is 0 Å². The van der Waals surface area contributed by atoms with Gasteiger partial charge in [-0.1, -0.05) is 6.58 Å². The topological polar surface area (TPSA) is 32.8 Å². The number of methoxy groups -OCH3 is 1. The average Bonchev–Trinajstić information content (AvgIpc) is 2.27. The van der Waals surface area contributed by atoms with Crippen molar-refractivity contribution in [1.29, 1.82) is 0 Å². The van der Waals surface area contributed by atoms with E-state index in [1.807, 2.05) is 4.90 Å².